The molecule has 16 heavy (non-hydrogen) atoms. The predicted molar refractivity (Wildman–Crippen MR) is 70.5 cm³/mol. The van der Waals surface area contributed by atoms with Crippen molar-refractivity contribution in [2.75, 3.05) is 0 Å². The minimum Gasteiger partial charge on any atom is -0.311 e. The molecule has 0 spiro atoms. The van der Waals surface area contributed by atoms with Crippen molar-refractivity contribution < 1.29 is 0 Å². The fourth-order valence-electron chi connectivity index (χ4n) is 3.68. The number of nitrogens with one attached hydrogen (secondary N) is 1. The van der Waals surface area contributed by atoms with E-state index >= 15 is 0 Å². The van der Waals surface area contributed by atoms with Crippen LogP contribution in [0.25, 0.3) is 0 Å². The highest BCUT2D eigenvalue weighted by atomic mass is 15.0. The lowest BCUT2D eigenvalue weighted by atomic mass is 9.79. The molecule has 4 atom stereocenters. The summed E-state index contributed by atoms with van der Waals surface area (Å²) in [6.07, 6.45) is 10.1. The van der Waals surface area contributed by atoms with Crippen LogP contribution < -0.4 is 5.32 Å². The van der Waals surface area contributed by atoms with E-state index < -0.39 is 0 Å². The van der Waals surface area contributed by atoms with E-state index in [2.05, 4.69) is 26.1 Å². The van der Waals surface area contributed by atoms with Gasteiger partial charge in [0.25, 0.3) is 0 Å². The van der Waals surface area contributed by atoms with Gasteiger partial charge in [-0.15, -0.1) is 0 Å². The van der Waals surface area contributed by atoms with E-state index in [1.807, 2.05) is 0 Å². The SMILES string of the molecule is CC1CCC(NC2CCCC(C(C)C)C2)C1. The highest BCUT2D eigenvalue weighted by Crippen LogP contribution is 2.32. The lowest BCUT2D eigenvalue weighted by molar-refractivity contribution is 0.220. The Kier molecular flexibility index (Phi) is 4.29. The van der Waals surface area contributed by atoms with Crippen LogP contribution in [-0.2, 0) is 0 Å². The maximum atomic E-state index is 3.93. The summed E-state index contributed by atoms with van der Waals surface area (Å²) in [5.74, 6) is 2.82. The average Bonchev–Trinajstić information content (AvgIpc) is 2.64. The van der Waals surface area contributed by atoms with E-state index in [-0.39, 0.29) is 0 Å². The lowest BCUT2D eigenvalue weighted by Gasteiger charge is -2.34. The molecule has 4 unspecified atom stereocenters. The van der Waals surface area contributed by atoms with E-state index in [4.69, 9.17) is 0 Å². The quantitative estimate of drug-likeness (QED) is 0.763. The van der Waals surface area contributed by atoms with Crippen LogP contribution >= 0.6 is 0 Å². The van der Waals surface area contributed by atoms with Crippen LogP contribution in [0.3, 0.4) is 0 Å². The summed E-state index contributed by atoms with van der Waals surface area (Å²) >= 11 is 0. The van der Waals surface area contributed by atoms with Gasteiger partial charge in [-0.25, -0.2) is 0 Å². The molecule has 0 bridgehead atoms. The van der Waals surface area contributed by atoms with E-state index in [0.717, 1.165) is 29.8 Å². The Hall–Kier alpha value is -0.0400. The molecule has 0 aromatic heterocycles. The molecule has 2 rings (SSSR count). The first kappa shape index (κ1) is 12.4. The summed E-state index contributed by atoms with van der Waals surface area (Å²) in [5, 5.41) is 3.93. The van der Waals surface area contributed by atoms with Crippen molar-refractivity contribution in [3.63, 3.8) is 0 Å². The van der Waals surface area contributed by atoms with Gasteiger partial charge in [-0.2, -0.15) is 0 Å². The molecule has 1 heteroatoms. The van der Waals surface area contributed by atoms with Crippen LogP contribution in [-0.4, -0.2) is 12.1 Å². The Bertz CT molecular complexity index is 211. The molecular weight excluding hydrogens is 194 g/mol. The van der Waals surface area contributed by atoms with Gasteiger partial charge in [0.1, 0.15) is 0 Å². The topological polar surface area (TPSA) is 12.0 Å². The van der Waals surface area contributed by atoms with Crippen molar-refractivity contribution in [3.8, 4) is 0 Å². The highest BCUT2D eigenvalue weighted by Gasteiger charge is 2.28. The molecule has 1 nitrogen and oxygen atoms in total. The molecule has 0 radical (unpaired) electrons. The second-order valence-electron chi connectivity index (χ2n) is 6.65. The van der Waals surface area contributed by atoms with Crippen LogP contribution in [0.2, 0.25) is 0 Å². The lowest BCUT2D eigenvalue weighted by Crippen LogP contribution is -2.40. The third-order valence-electron chi connectivity index (χ3n) is 4.82. The van der Waals surface area contributed by atoms with Crippen LogP contribution in [0, 0.1) is 17.8 Å². The van der Waals surface area contributed by atoms with Crippen molar-refractivity contribution in [2.24, 2.45) is 17.8 Å². The van der Waals surface area contributed by atoms with Gasteiger partial charge in [0.05, 0.1) is 0 Å². The zero-order chi connectivity index (χ0) is 11.5. The van der Waals surface area contributed by atoms with Crippen LogP contribution in [0.15, 0.2) is 0 Å². The Morgan fingerprint density at radius 2 is 1.69 bits per heavy atom. The average molecular weight is 223 g/mol. The Morgan fingerprint density at radius 3 is 2.31 bits per heavy atom. The number of hydrogen-bond donors (Lipinski definition) is 1. The number of rotatable bonds is 3. The molecular formula is C15H29N. The molecule has 2 fully saturated rings. The summed E-state index contributed by atoms with van der Waals surface area (Å²) in [6.45, 7) is 7.19. The molecule has 2 aliphatic rings. The fourth-order valence-corrected chi connectivity index (χ4v) is 3.68. The summed E-state index contributed by atoms with van der Waals surface area (Å²) in [4.78, 5) is 0. The normalized spacial score (nSPS) is 40.5. The second-order valence-corrected chi connectivity index (χ2v) is 6.65. The van der Waals surface area contributed by atoms with Crippen molar-refractivity contribution >= 4 is 0 Å². The zero-order valence-electron chi connectivity index (χ0n) is 11.3. The standard InChI is InChI=1S/C15H29N/c1-11(2)13-5-4-6-14(10-13)16-15-8-7-12(3)9-15/h11-16H,4-10H2,1-3H3. The van der Waals surface area contributed by atoms with Crippen molar-refractivity contribution in [1.82, 2.24) is 5.32 Å². The predicted octanol–water partition coefficient (Wildman–Crippen LogP) is 3.98. The number of hydrogen-bond acceptors (Lipinski definition) is 1. The Balaban J connectivity index is 1.77. The zero-order valence-corrected chi connectivity index (χ0v) is 11.3. The van der Waals surface area contributed by atoms with Gasteiger partial charge < -0.3 is 5.32 Å². The molecule has 0 saturated heterocycles. The van der Waals surface area contributed by atoms with Crippen molar-refractivity contribution in [3.05, 3.63) is 0 Å². The summed E-state index contributed by atoms with van der Waals surface area (Å²) in [6, 6.07) is 1.67. The van der Waals surface area contributed by atoms with Gasteiger partial charge >= 0.3 is 0 Å². The molecule has 0 aliphatic heterocycles. The fraction of sp³-hybridized carbons (Fsp3) is 1.00. The molecule has 0 amide bonds. The maximum Gasteiger partial charge on any atom is 0.00723 e. The van der Waals surface area contributed by atoms with E-state index in [9.17, 15) is 0 Å². The van der Waals surface area contributed by atoms with E-state index in [1.54, 1.807) is 0 Å². The molecule has 0 aromatic rings. The summed E-state index contributed by atoms with van der Waals surface area (Å²) < 4.78 is 0. The van der Waals surface area contributed by atoms with E-state index in [0.29, 0.717) is 0 Å². The third-order valence-corrected chi connectivity index (χ3v) is 4.82. The third kappa shape index (κ3) is 3.23. The van der Waals surface area contributed by atoms with Gasteiger partial charge in [-0.1, -0.05) is 33.6 Å². The Labute approximate surface area is 101 Å². The molecule has 94 valence electrons. The van der Waals surface area contributed by atoms with Crippen molar-refractivity contribution in [2.45, 2.75) is 77.8 Å². The molecule has 2 saturated carbocycles. The van der Waals surface area contributed by atoms with Gasteiger partial charge in [-0.3, -0.25) is 0 Å². The van der Waals surface area contributed by atoms with E-state index in [1.165, 1.54) is 44.9 Å². The highest BCUT2D eigenvalue weighted by molar-refractivity contribution is 4.85. The van der Waals surface area contributed by atoms with Gasteiger partial charge in [0, 0.05) is 12.1 Å². The van der Waals surface area contributed by atoms with Gasteiger partial charge in [-0.05, 0) is 49.9 Å². The van der Waals surface area contributed by atoms with Crippen LogP contribution in [0.5, 0.6) is 0 Å². The van der Waals surface area contributed by atoms with Crippen LogP contribution in [0.1, 0.15) is 65.7 Å². The summed E-state index contributed by atoms with van der Waals surface area (Å²) in [5.41, 5.74) is 0. The second kappa shape index (κ2) is 5.53. The Morgan fingerprint density at radius 1 is 0.938 bits per heavy atom. The first-order chi connectivity index (χ1) is 7.65. The smallest absolute Gasteiger partial charge is 0.00723 e. The van der Waals surface area contributed by atoms with Crippen LogP contribution in [0.4, 0.5) is 0 Å². The minimum atomic E-state index is 0.830. The largest absolute Gasteiger partial charge is 0.311 e. The molecule has 1 N–H and O–H groups in total. The molecule has 0 aromatic carbocycles. The monoisotopic (exact) mass is 223 g/mol. The van der Waals surface area contributed by atoms with Crippen molar-refractivity contribution in [1.29, 1.82) is 0 Å². The summed E-state index contributed by atoms with van der Waals surface area (Å²) in [7, 11) is 0. The first-order valence-electron chi connectivity index (χ1n) is 7.41. The molecule has 2 aliphatic carbocycles. The molecule has 0 heterocycles. The minimum absolute atomic E-state index is 0.830. The first-order valence-corrected chi connectivity index (χ1v) is 7.41. The maximum absolute atomic E-state index is 3.93. The van der Waals surface area contributed by atoms with Gasteiger partial charge in [0.15, 0.2) is 0 Å². The van der Waals surface area contributed by atoms with Gasteiger partial charge in [0.2, 0.25) is 0 Å².